The van der Waals surface area contributed by atoms with Crippen molar-refractivity contribution in [2.45, 2.75) is 37.1 Å². The van der Waals surface area contributed by atoms with Crippen molar-refractivity contribution in [3.05, 3.63) is 17.0 Å². The zero-order valence-electron chi connectivity index (χ0n) is 9.24. The maximum Gasteiger partial charge on any atom is 0.146 e. The molecule has 0 amide bonds. The predicted molar refractivity (Wildman–Crippen MR) is 70.0 cm³/mol. The van der Waals surface area contributed by atoms with Gasteiger partial charge < -0.3 is 4.90 Å². The van der Waals surface area contributed by atoms with Crippen LogP contribution in [-0.2, 0) is 0 Å². The third-order valence-corrected chi connectivity index (χ3v) is 4.20. The minimum absolute atomic E-state index is 0.223. The van der Waals surface area contributed by atoms with Crippen LogP contribution in [0.4, 0.5) is 5.82 Å². The highest BCUT2D eigenvalue weighted by Gasteiger charge is 2.28. The predicted octanol–water partition coefficient (Wildman–Crippen LogP) is 3.23. The van der Waals surface area contributed by atoms with Crippen molar-refractivity contribution in [2.24, 2.45) is 0 Å². The van der Waals surface area contributed by atoms with Crippen molar-refractivity contribution in [3.8, 4) is 0 Å². The summed E-state index contributed by atoms with van der Waals surface area (Å²) in [5, 5.41) is 0.223. The Morgan fingerprint density at radius 3 is 2.88 bits per heavy atom. The smallest absolute Gasteiger partial charge is 0.146 e. The first-order valence-corrected chi connectivity index (χ1v) is 6.75. The molecule has 1 fully saturated rings. The van der Waals surface area contributed by atoms with Crippen LogP contribution < -0.4 is 4.90 Å². The number of alkyl halides is 1. The van der Waals surface area contributed by atoms with Crippen LogP contribution in [0.15, 0.2) is 17.0 Å². The fraction of sp³-hybridized carbons (Fsp3) is 0.636. The molecule has 3 nitrogen and oxygen atoms in total. The Labute approximate surface area is 109 Å². The number of aromatic nitrogens is 2. The van der Waals surface area contributed by atoms with Gasteiger partial charge in [-0.1, -0.05) is 12.8 Å². The van der Waals surface area contributed by atoms with Gasteiger partial charge in [-0.2, -0.15) is 0 Å². The Morgan fingerprint density at radius 1 is 1.44 bits per heavy atom. The molecule has 5 heteroatoms. The van der Waals surface area contributed by atoms with E-state index in [0.29, 0.717) is 6.04 Å². The van der Waals surface area contributed by atoms with Gasteiger partial charge in [-0.05, 0) is 28.8 Å². The van der Waals surface area contributed by atoms with E-state index in [1.807, 2.05) is 0 Å². The van der Waals surface area contributed by atoms with E-state index in [0.717, 1.165) is 23.1 Å². The number of anilines is 1. The monoisotopic (exact) mass is 303 g/mol. The summed E-state index contributed by atoms with van der Waals surface area (Å²) >= 11 is 9.85. The van der Waals surface area contributed by atoms with Gasteiger partial charge in [0.25, 0.3) is 0 Å². The van der Waals surface area contributed by atoms with Crippen LogP contribution in [-0.4, -0.2) is 28.4 Å². The molecule has 1 saturated carbocycles. The topological polar surface area (TPSA) is 29.0 Å². The van der Waals surface area contributed by atoms with Gasteiger partial charge in [0, 0.05) is 19.3 Å². The molecule has 88 valence electrons. The maximum atomic E-state index is 6.38. The lowest BCUT2D eigenvalue weighted by atomic mass is 9.94. The van der Waals surface area contributed by atoms with E-state index < -0.39 is 0 Å². The second-order valence-electron chi connectivity index (χ2n) is 4.17. The van der Waals surface area contributed by atoms with E-state index in [1.165, 1.54) is 12.8 Å². The zero-order valence-corrected chi connectivity index (χ0v) is 11.6. The third kappa shape index (κ3) is 2.48. The van der Waals surface area contributed by atoms with Gasteiger partial charge in [0.05, 0.1) is 9.85 Å². The first kappa shape index (κ1) is 12.1. The zero-order chi connectivity index (χ0) is 11.5. The summed E-state index contributed by atoms with van der Waals surface area (Å²) in [6.45, 7) is 0. The van der Waals surface area contributed by atoms with Crippen molar-refractivity contribution in [1.29, 1.82) is 0 Å². The summed E-state index contributed by atoms with van der Waals surface area (Å²) in [6, 6.07) is 0.376. The Hall–Kier alpha value is -0.350. The van der Waals surface area contributed by atoms with Gasteiger partial charge in [0.2, 0.25) is 0 Å². The lowest BCUT2D eigenvalue weighted by molar-refractivity contribution is 0.432. The van der Waals surface area contributed by atoms with E-state index in [-0.39, 0.29) is 5.38 Å². The fourth-order valence-electron chi connectivity index (χ4n) is 2.23. The van der Waals surface area contributed by atoms with Crippen LogP contribution in [0.2, 0.25) is 0 Å². The molecule has 0 N–H and O–H groups in total. The average Bonchev–Trinajstić information content (AvgIpc) is 2.29. The standard InChI is InChI=1S/C11H15BrClN3/c1-16(10-5-3-2-4-9(10)13)11-8(12)6-14-7-15-11/h6-7,9-10H,2-5H2,1H3. The highest BCUT2D eigenvalue weighted by atomic mass is 79.9. The lowest BCUT2D eigenvalue weighted by Crippen LogP contribution is -2.41. The summed E-state index contributed by atoms with van der Waals surface area (Å²) in [5.41, 5.74) is 0. The summed E-state index contributed by atoms with van der Waals surface area (Å²) in [4.78, 5) is 10.4. The molecule has 0 saturated heterocycles. The van der Waals surface area contributed by atoms with Gasteiger partial charge >= 0.3 is 0 Å². The molecule has 2 rings (SSSR count). The Kier molecular flexibility index (Phi) is 4.03. The lowest BCUT2D eigenvalue weighted by Gasteiger charge is -2.35. The number of halogens is 2. The molecule has 1 heterocycles. The van der Waals surface area contributed by atoms with Crippen LogP contribution in [0.1, 0.15) is 25.7 Å². The van der Waals surface area contributed by atoms with Crippen molar-refractivity contribution in [2.75, 3.05) is 11.9 Å². The van der Waals surface area contributed by atoms with Crippen molar-refractivity contribution < 1.29 is 0 Å². The summed E-state index contributed by atoms with van der Waals surface area (Å²) in [5.74, 6) is 0.924. The van der Waals surface area contributed by atoms with E-state index in [2.05, 4.69) is 37.8 Å². The highest BCUT2D eigenvalue weighted by molar-refractivity contribution is 9.10. The van der Waals surface area contributed by atoms with Gasteiger partial charge in [0.15, 0.2) is 0 Å². The van der Waals surface area contributed by atoms with Crippen molar-refractivity contribution in [1.82, 2.24) is 9.97 Å². The van der Waals surface area contributed by atoms with Gasteiger partial charge in [-0.3, -0.25) is 0 Å². The molecule has 0 bridgehead atoms. The first-order chi connectivity index (χ1) is 7.70. The first-order valence-electron chi connectivity index (χ1n) is 5.52. The van der Waals surface area contributed by atoms with Crippen LogP contribution in [0.3, 0.4) is 0 Å². The van der Waals surface area contributed by atoms with Crippen LogP contribution in [0.25, 0.3) is 0 Å². The molecule has 1 aliphatic rings. The molecule has 0 spiro atoms. The molecule has 2 atom stereocenters. The molecule has 1 aromatic heterocycles. The molecular formula is C11H15BrClN3. The molecule has 0 radical (unpaired) electrons. The van der Waals surface area contributed by atoms with Crippen molar-refractivity contribution >= 4 is 33.3 Å². The molecule has 1 aliphatic carbocycles. The molecular weight excluding hydrogens is 289 g/mol. The highest BCUT2D eigenvalue weighted by Crippen LogP contribution is 2.31. The van der Waals surface area contributed by atoms with Gasteiger partial charge in [0.1, 0.15) is 12.1 Å². The largest absolute Gasteiger partial charge is 0.354 e. The quantitative estimate of drug-likeness (QED) is 0.786. The molecule has 2 unspecified atom stereocenters. The normalized spacial score (nSPS) is 25.4. The minimum Gasteiger partial charge on any atom is -0.354 e. The maximum absolute atomic E-state index is 6.38. The molecule has 16 heavy (non-hydrogen) atoms. The van der Waals surface area contributed by atoms with Crippen LogP contribution in [0, 0.1) is 0 Å². The average molecular weight is 305 g/mol. The van der Waals surface area contributed by atoms with Gasteiger partial charge in [-0.15, -0.1) is 11.6 Å². The number of hydrogen-bond donors (Lipinski definition) is 0. The Morgan fingerprint density at radius 2 is 2.19 bits per heavy atom. The summed E-state index contributed by atoms with van der Waals surface area (Å²) < 4.78 is 0.923. The molecule has 0 aliphatic heterocycles. The van der Waals surface area contributed by atoms with Crippen molar-refractivity contribution in [3.63, 3.8) is 0 Å². The summed E-state index contributed by atoms with van der Waals surface area (Å²) in [6.07, 6.45) is 8.07. The number of nitrogens with zero attached hydrogens (tertiary/aromatic N) is 3. The van der Waals surface area contributed by atoms with E-state index in [4.69, 9.17) is 11.6 Å². The third-order valence-electron chi connectivity index (χ3n) is 3.13. The van der Waals surface area contributed by atoms with Crippen LogP contribution in [0.5, 0.6) is 0 Å². The van der Waals surface area contributed by atoms with E-state index in [9.17, 15) is 0 Å². The second kappa shape index (κ2) is 5.32. The number of rotatable bonds is 2. The minimum atomic E-state index is 0.223. The van der Waals surface area contributed by atoms with Gasteiger partial charge in [-0.25, -0.2) is 9.97 Å². The Balaban J connectivity index is 2.17. The number of hydrogen-bond acceptors (Lipinski definition) is 3. The van der Waals surface area contributed by atoms with E-state index >= 15 is 0 Å². The summed E-state index contributed by atoms with van der Waals surface area (Å²) in [7, 11) is 2.05. The SMILES string of the molecule is CN(c1ncncc1Br)C1CCCCC1Cl. The molecule has 0 aromatic carbocycles. The second-order valence-corrected chi connectivity index (χ2v) is 5.59. The molecule has 1 aromatic rings. The fourth-order valence-corrected chi connectivity index (χ4v) is 3.17. The van der Waals surface area contributed by atoms with E-state index in [1.54, 1.807) is 12.5 Å². The Bertz CT molecular complexity index is 361. The van der Waals surface area contributed by atoms with Crippen LogP contribution >= 0.6 is 27.5 Å².